The van der Waals surface area contributed by atoms with Gasteiger partial charge in [-0.25, -0.2) is 0 Å². The number of hydrogen-bond donors (Lipinski definition) is 0. The van der Waals surface area contributed by atoms with Crippen LogP contribution in [-0.2, 0) is 15.7 Å². The Morgan fingerprint density at radius 2 is 1.68 bits per heavy atom. The molecule has 1 aliphatic heterocycles. The van der Waals surface area contributed by atoms with Crippen LogP contribution in [0.2, 0.25) is 0 Å². The Kier molecular flexibility index (Phi) is 3.78. The molecule has 1 aromatic heterocycles. The number of nitrogens with zero attached hydrogens (tertiary/aromatic N) is 1. The SMILES string of the molecule is CCCc1ccc2cccc(B3OC(C)(C)C(C)(C)O3)c2n1. The number of pyridine rings is 1. The molecule has 0 amide bonds. The third-order valence-electron chi connectivity index (χ3n) is 4.82. The van der Waals surface area contributed by atoms with E-state index in [4.69, 9.17) is 14.3 Å². The molecular formula is C18H24BNO2. The summed E-state index contributed by atoms with van der Waals surface area (Å²) in [6.45, 7) is 10.5. The highest BCUT2D eigenvalue weighted by Crippen LogP contribution is 2.36. The van der Waals surface area contributed by atoms with Crippen LogP contribution in [0.4, 0.5) is 0 Å². The molecule has 1 aromatic carbocycles. The lowest BCUT2D eigenvalue weighted by molar-refractivity contribution is 0.00578. The van der Waals surface area contributed by atoms with Crippen molar-refractivity contribution in [1.82, 2.24) is 4.98 Å². The molecule has 1 saturated heterocycles. The number of hydrogen-bond acceptors (Lipinski definition) is 3. The van der Waals surface area contributed by atoms with Crippen LogP contribution in [-0.4, -0.2) is 23.3 Å². The molecular weight excluding hydrogens is 273 g/mol. The summed E-state index contributed by atoms with van der Waals surface area (Å²) in [5.41, 5.74) is 2.47. The number of para-hydroxylation sites is 1. The third kappa shape index (κ3) is 2.55. The fourth-order valence-electron chi connectivity index (χ4n) is 2.77. The van der Waals surface area contributed by atoms with E-state index in [0.29, 0.717) is 0 Å². The Balaban J connectivity index is 2.06. The predicted octanol–water partition coefficient (Wildman–Crippen LogP) is 3.49. The summed E-state index contributed by atoms with van der Waals surface area (Å²) in [6.07, 6.45) is 2.09. The summed E-state index contributed by atoms with van der Waals surface area (Å²) in [7, 11) is -0.363. The zero-order valence-electron chi connectivity index (χ0n) is 14.1. The minimum absolute atomic E-state index is 0.332. The first-order chi connectivity index (χ1) is 10.3. The van der Waals surface area contributed by atoms with Crippen LogP contribution < -0.4 is 5.46 Å². The molecule has 1 aliphatic rings. The van der Waals surface area contributed by atoms with Gasteiger partial charge >= 0.3 is 7.12 Å². The first kappa shape index (κ1) is 15.5. The normalized spacial score (nSPS) is 19.8. The van der Waals surface area contributed by atoms with Gasteiger partial charge in [-0.05, 0) is 45.6 Å². The third-order valence-corrected chi connectivity index (χ3v) is 4.82. The maximum Gasteiger partial charge on any atom is 0.497 e. The van der Waals surface area contributed by atoms with Gasteiger partial charge in [0.2, 0.25) is 0 Å². The number of fused-ring (bicyclic) bond motifs is 1. The van der Waals surface area contributed by atoms with Crippen molar-refractivity contribution in [2.24, 2.45) is 0 Å². The van der Waals surface area contributed by atoms with Gasteiger partial charge < -0.3 is 9.31 Å². The van der Waals surface area contributed by atoms with Crippen LogP contribution in [0.25, 0.3) is 10.9 Å². The fourth-order valence-corrected chi connectivity index (χ4v) is 2.77. The Morgan fingerprint density at radius 3 is 2.32 bits per heavy atom. The maximum absolute atomic E-state index is 6.20. The first-order valence-electron chi connectivity index (χ1n) is 8.08. The molecule has 0 spiro atoms. The van der Waals surface area contributed by atoms with E-state index >= 15 is 0 Å². The Bertz CT molecular complexity index is 681. The molecule has 0 radical (unpaired) electrons. The first-order valence-corrected chi connectivity index (χ1v) is 8.08. The highest BCUT2D eigenvalue weighted by molar-refractivity contribution is 6.64. The average molecular weight is 297 g/mol. The maximum atomic E-state index is 6.20. The molecule has 3 rings (SSSR count). The van der Waals surface area contributed by atoms with Gasteiger partial charge in [0, 0.05) is 11.2 Å². The van der Waals surface area contributed by atoms with E-state index in [2.05, 4.69) is 58.9 Å². The quantitative estimate of drug-likeness (QED) is 0.813. The van der Waals surface area contributed by atoms with Gasteiger partial charge in [0.25, 0.3) is 0 Å². The van der Waals surface area contributed by atoms with Crippen molar-refractivity contribution in [3.8, 4) is 0 Å². The Hall–Kier alpha value is -1.39. The summed E-state index contributed by atoms with van der Waals surface area (Å²) in [4.78, 5) is 4.85. The van der Waals surface area contributed by atoms with E-state index in [-0.39, 0.29) is 18.3 Å². The monoisotopic (exact) mass is 297 g/mol. The van der Waals surface area contributed by atoms with Gasteiger partial charge in [-0.3, -0.25) is 4.98 Å². The molecule has 116 valence electrons. The van der Waals surface area contributed by atoms with Gasteiger partial charge in [-0.2, -0.15) is 0 Å². The second kappa shape index (κ2) is 5.36. The number of rotatable bonds is 3. The second-order valence-corrected chi connectivity index (χ2v) is 7.06. The summed E-state index contributed by atoms with van der Waals surface area (Å²) in [5.74, 6) is 0. The van der Waals surface area contributed by atoms with Crippen molar-refractivity contribution in [3.63, 3.8) is 0 Å². The van der Waals surface area contributed by atoms with Crippen molar-refractivity contribution in [1.29, 1.82) is 0 Å². The van der Waals surface area contributed by atoms with E-state index in [1.165, 1.54) is 0 Å². The highest BCUT2D eigenvalue weighted by Gasteiger charge is 2.52. The van der Waals surface area contributed by atoms with Gasteiger partial charge in [0.05, 0.1) is 16.7 Å². The Morgan fingerprint density at radius 1 is 1.00 bits per heavy atom. The zero-order valence-corrected chi connectivity index (χ0v) is 14.1. The van der Waals surface area contributed by atoms with Gasteiger partial charge in [0.1, 0.15) is 0 Å². The predicted molar refractivity (Wildman–Crippen MR) is 91.5 cm³/mol. The minimum Gasteiger partial charge on any atom is -0.399 e. The molecule has 4 heteroatoms. The molecule has 2 aromatic rings. The van der Waals surface area contributed by atoms with Crippen LogP contribution in [0.5, 0.6) is 0 Å². The van der Waals surface area contributed by atoms with Gasteiger partial charge in [-0.15, -0.1) is 0 Å². The molecule has 0 N–H and O–H groups in total. The van der Waals surface area contributed by atoms with Crippen LogP contribution in [0.3, 0.4) is 0 Å². The number of aromatic nitrogens is 1. The molecule has 0 saturated carbocycles. The fraction of sp³-hybridized carbons (Fsp3) is 0.500. The number of benzene rings is 1. The summed E-state index contributed by atoms with van der Waals surface area (Å²) >= 11 is 0. The summed E-state index contributed by atoms with van der Waals surface area (Å²) in [5, 5.41) is 1.13. The van der Waals surface area contributed by atoms with E-state index in [9.17, 15) is 0 Å². The lowest BCUT2D eigenvalue weighted by atomic mass is 9.77. The van der Waals surface area contributed by atoms with Crippen molar-refractivity contribution in [2.45, 2.75) is 58.7 Å². The highest BCUT2D eigenvalue weighted by atomic mass is 16.7. The van der Waals surface area contributed by atoms with E-state index in [1.807, 2.05) is 6.07 Å². The van der Waals surface area contributed by atoms with Crippen LogP contribution in [0.1, 0.15) is 46.7 Å². The van der Waals surface area contributed by atoms with Crippen molar-refractivity contribution < 1.29 is 9.31 Å². The smallest absolute Gasteiger partial charge is 0.399 e. The van der Waals surface area contributed by atoms with Gasteiger partial charge in [-0.1, -0.05) is 37.6 Å². The van der Waals surface area contributed by atoms with Crippen molar-refractivity contribution in [2.75, 3.05) is 0 Å². The van der Waals surface area contributed by atoms with E-state index < -0.39 is 0 Å². The summed E-state index contributed by atoms with van der Waals surface area (Å²) < 4.78 is 12.4. The largest absolute Gasteiger partial charge is 0.497 e. The minimum atomic E-state index is -0.363. The molecule has 2 heterocycles. The molecule has 0 bridgehead atoms. The van der Waals surface area contributed by atoms with Crippen molar-refractivity contribution >= 4 is 23.5 Å². The average Bonchev–Trinajstić information content (AvgIpc) is 2.67. The topological polar surface area (TPSA) is 31.4 Å². The summed E-state index contributed by atoms with van der Waals surface area (Å²) in [6, 6.07) is 10.5. The van der Waals surface area contributed by atoms with Crippen molar-refractivity contribution in [3.05, 3.63) is 36.0 Å². The molecule has 1 fully saturated rings. The van der Waals surface area contributed by atoms with E-state index in [1.54, 1.807) is 0 Å². The molecule has 0 atom stereocenters. The van der Waals surface area contributed by atoms with Crippen LogP contribution >= 0.6 is 0 Å². The van der Waals surface area contributed by atoms with Crippen LogP contribution in [0.15, 0.2) is 30.3 Å². The molecule has 22 heavy (non-hydrogen) atoms. The lowest BCUT2D eigenvalue weighted by Gasteiger charge is -2.32. The Labute approximate surface area is 133 Å². The number of aryl methyl sites for hydroxylation is 1. The second-order valence-electron chi connectivity index (χ2n) is 7.06. The van der Waals surface area contributed by atoms with E-state index in [0.717, 1.165) is 34.9 Å². The molecule has 3 nitrogen and oxygen atoms in total. The van der Waals surface area contributed by atoms with Gasteiger partial charge in [0.15, 0.2) is 0 Å². The van der Waals surface area contributed by atoms with Crippen LogP contribution in [0, 0.1) is 0 Å². The molecule has 0 unspecified atom stereocenters. The zero-order chi connectivity index (χ0) is 16.0. The molecule has 0 aliphatic carbocycles. The lowest BCUT2D eigenvalue weighted by Crippen LogP contribution is -2.41. The standard InChI is InChI=1S/C18H24BNO2/c1-6-8-14-12-11-13-9-7-10-15(16(13)20-14)19-21-17(2,3)18(4,5)22-19/h7,9-12H,6,8H2,1-5H3.